The van der Waals surface area contributed by atoms with Crippen LogP contribution >= 0.6 is 24.8 Å². The molecule has 140 valence electrons. The molecule has 0 radical (unpaired) electrons. The highest BCUT2D eigenvalue weighted by Crippen LogP contribution is 2.27. The van der Waals surface area contributed by atoms with Crippen molar-refractivity contribution in [1.29, 1.82) is 0 Å². The fraction of sp³-hybridized carbons (Fsp3) is 0.375. The third-order valence-electron chi connectivity index (χ3n) is 3.69. The minimum Gasteiger partial charge on any atom is -0.506 e. The van der Waals surface area contributed by atoms with Gasteiger partial charge in [-0.3, -0.25) is 9.97 Å². The van der Waals surface area contributed by atoms with Crippen molar-refractivity contribution >= 4 is 24.8 Å². The summed E-state index contributed by atoms with van der Waals surface area (Å²) in [6.45, 7) is 2.86. The highest BCUT2D eigenvalue weighted by Gasteiger charge is 2.14. The Bertz CT molecular complexity index is 654. The predicted octanol–water partition coefficient (Wildman–Crippen LogP) is 2.05. The number of halogens is 2. The molecule has 0 aliphatic carbocycles. The van der Waals surface area contributed by atoms with Crippen LogP contribution in [0.5, 0.6) is 11.5 Å². The number of nitrogens with zero attached hydrogens (tertiary/aromatic N) is 2. The summed E-state index contributed by atoms with van der Waals surface area (Å²) in [4.78, 5) is 7.97. The van der Waals surface area contributed by atoms with E-state index in [2.05, 4.69) is 9.97 Å². The minimum absolute atomic E-state index is 0. The third kappa shape index (κ3) is 5.17. The second-order valence-corrected chi connectivity index (χ2v) is 5.20. The Balaban J connectivity index is 0.00000288. The molecule has 0 bridgehead atoms. The molecule has 0 aromatic carbocycles. The molecule has 0 fully saturated rings. The monoisotopic (exact) mass is 392 g/mol. The molecular weight excluding hydrogens is 371 g/mol. The Morgan fingerprint density at radius 3 is 1.48 bits per heavy atom. The fourth-order valence-corrected chi connectivity index (χ4v) is 2.22. The molecular formula is C16H22Cl2N2O5. The first kappa shape index (κ1) is 23.4. The van der Waals surface area contributed by atoms with Crippen LogP contribution in [0.4, 0.5) is 0 Å². The zero-order valence-corrected chi connectivity index (χ0v) is 15.5. The maximum Gasteiger partial charge on any atom is 0.142 e. The van der Waals surface area contributed by atoms with Gasteiger partial charge in [0.2, 0.25) is 0 Å². The van der Waals surface area contributed by atoms with Crippen LogP contribution in [-0.2, 0) is 31.2 Å². The number of hydrogen-bond acceptors (Lipinski definition) is 7. The largest absolute Gasteiger partial charge is 0.506 e. The highest BCUT2D eigenvalue weighted by atomic mass is 35.5. The summed E-state index contributed by atoms with van der Waals surface area (Å²) in [5, 5.41) is 38.8. The molecule has 0 saturated carbocycles. The van der Waals surface area contributed by atoms with E-state index in [0.29, 0.717) is 33.6 Å². The normalized spacial score (nSPS) is 10.1. The van der Waals surface area contributed by atoms with Crippen LogP contribution in [0.15, 0.2) is 12.4 Å². The number of aliphatic hydroxyl groups excluding tert-OH is 2. The Morgan fingerprint density at radius 2 is 1.16 bits per heavy atom. The summed E-state index contributed by atoms with van der Waals surface area (Å²) >= 11 is 0. The second kappa shape index (κ2) is 10.4. The molecule has 25 heavy (non-hydrogen) atoms. The van der Waals surface area contributed by atoms with Crippen LogP contribution < -0.4 is 0 Å². The number of aromatic nitrogens is 2. The Labute approximate surface area is 158 Å². The van der Waals surface area contributed by atoms with Crippen molar-refractivity contribution in [1.82, 2.24) is 9.97 Å². The number of rotatable bonds is 6. The van der Waals surface area contributed by atoms with Gasteiger partial charge in [-0.1, -0.05) is 0 Å². The minimum atomic E-state index is -0.263. The van der Waals surface area contributed by atoms with Crippen molar-refractivity contribution < 1.29 is 25.2 Å². The van der Waals surface area contributed by atoms with Gasteiger partial charge < -0.3 is 25.2 Å². The van der Waals surface area contributed by atoms with Crippen molar-refractivity contribution in [2.75, 3.05) is 0 Å². The van der Waals surface area contributed by atoms with E-state index in [0.717, 1.165) is 0 Å². The maximum atomic E-state index is 10.1. The van der Waals surface area contributed by atoms with Gasteiger partial charge in [-0.25, -0.2) is 0 Å². The standard InChI is InChI=1S/C16H20N2O5.2ClH/c1-9-15(21)13(11(5-19)3-17-9)7-23-8-14-12(6-20)4-18-10(2)16(14)22;;/h3-4,19-22H,5-8H2,1-2H3;2*1H. The lowest BCUT2D eigenvalue weighted by Gasteiger charge is -2.14. The molecule has 0 aliphatic heterocycles. The summed E-state index contributed by atoms with van der Waals surface area (Å²) in [7, 11) is 0. The second-order valence-electron chi connectivity index (χ2n) is 5.20. The van der Waals surface area contributed by atoms with Gasteiger partial charge in [0.05, 0.1) is 37.8 Å². The van der Waals surface area contributed by atoms with Crippen molar-refractivity contribution in [3.8, 4) is 11.5 Å². The number of aryl methyl sites for hydroxylation is 2. The van der Waals surface area contributed by atoms with Gasteiger partial charge in [-0.05, 0) is 13.8 Å². The summed E-state index contributed by atoms with van der Waals surface area (Å²) in [5.41, 5.74) is 2.75. The van der Waals surface area contributed by atoms with E-state index in [9.17, 15) is 20.4 Å². The van der Waals surface area contributed by atoms with Crippen molar-refractivity contribution in [3.05, 3.63) is 46.0 Å². The molecule has 2 aromatic rings. The van der Waals surface area contributed by atoms with E-state index in [1.54, 1.807) is 13.8 Å². The van der Waals surface area contributed by atoms with E-state index in [1.165, 1.54) is 12.4 Å². The van der Waals surface area contributed by atoms with E-state index in [4.69, 9.17) is 4.74 Å². The Morgan fingerprint density at radius 1 is 0.800 bits per heavy atom. The summed E-state index contributed by atoms with van der Waals surface area (Å²) in [6.07, 6.45) is 2.97. The lowest BCUT2D eigenvalue weighted by molar-refractivity contribution is 0.1000. The molecule has 0 unspecified atom stereocenters. The van der Waals surface area contributed by atoms with Gasteiger partial charge in [0.15, 0.2) is 0 Å². The summed E-state index contributed by atoms with van der Waals surface area (Å²) in [5.74, 6) is -0.0388. The number of ether oxygens (including phenoxy) is 1. The maximum absolute atomic E-state index is 10.1. The number of aliphatic hydroxyl groups is 2. The van der Waals surface area contributed by atoms with Crippen LogP contribution in [0.1, 0.15) is 33.6 Å². The first-order valence-corrected chi connectivity index (χ1v) is 7.11. The summed E-state index contributed by atoms with van der Waals surface area (Å²) < 4.78 is 5.56. The van der Waals surface area contributed by atoms with Gasteiger partial charge in [0, 0.05) is 34.6 Å². The predicted molar refractivity (Wildman–Crippen MR) is 96.1 cm³/mol. The molecule has 2 heterocycles. The zero-order valence-electron chi connectivity index (χ0n) is 13.9. The van der Waals surface area contributed by atoms with E-state index < -0.39 is 0 Å². The van der Waals surface area contributed by atoms with Crippen LogP contribution in [0.3, 0.4) is 0 Å². The number of pyridine rings is 2. The van der Waals surface area contributed by atoms with Crippen LogP contribution in [0, 0.1) is 13.8 Å². The third-order valence-corrected chi connectivity index (χ3v) is 3.69. The molecule has 7 nitrogen and oxygen atoms in total. The van der Waals surface area contributed by atoms with Gasteiger partial charge in [0.25, 0.3) is 0 Å². The Hall–Kier alpha value is -1.64. The molecule has 2 rings (SSSR count). The first-order chi connectivity index (χ1) is 11.0. The van der Waals surface area contributed by atoms with Gasteiger partial charge in [-0.2, -0.15) is 0 Å². The van der Waals surface area contributed by atoms with Crippen LogP contribution in [-0.4, -0.2) is 30.4 Å². The Kier molecular flexibility index (Phi) is 9.69. The van der Waals surface area contributed by atoms with E-state index in [1.807, 2.05) is 0 Å². The molecule has 0 amide bonds. The SMILES string of the molecule is Cc1ncc(CO)c(COCc2c(CO)cnc(C)c2O)c1O.Cl.Cl. The fourth-order valence-electron chi connectivity index (χ4n) is 2.22. The molecule has 9 heteroatoms. The lowest BCUT2D eigenvalue weighted by atomic mass is 10.1. The molecule has 0 aliphatic rings. The molecule has 4 N–H and O–H groups in total. The quantitative estimate of drug-likeness (QED) is 0.594. The molecule has 0 saturated heterocycles. The molecule has 2 aromatic heterocycles. The topological polar surface area (TPSA) is 116 Å². The van der Waals surface area contributed by atoms with Crippen molar-refractivity contribution in [2.24, 2.45) is 0 Å². The van der Waals surface area contributed by atoms with Crippen LogP contribution in [0.2, 0.25) is 0 Å². The smallest absolute Gasteiger partial charge is 0.142 e. The average molecular weight is 393 g/mol. The number of hydrogen-bond donors (Lipinski definition) is 4. The number of aromatic hydroxyl groups is 2. The van der Waals surface area contributed by atoms with Gasteiger partial charge in [0.1, 0.15) is 11.5 Å². The zero-order chi connectivity index (χ0) is 17.0. The molecule has 0 atom stereocenters. The van der Waals surface area contributed by atoms with Crippen molar-refractivity contribution in [2.45, 2.75) is 40.3 Å². The lowest BCUT2D eigenvalue weighted by Crippen LogP contribution is -2.04. The van der Waals surface area contributed by atoms with E-state index in [-0.39, 0.29) is 62.7 Å². The van der Waals surface area contributed by atoms with Gasteiger partial charge >= 0.3 is 0 Å². The van der Waals surface area contributed by atoms with E-state index >= 15 is 0 Å². The average Bonchev–Trinajstić information content (AvgIpc) is 2.55. The summed E-state index contributed by atoms with van der Waals surface area (Å²) in [6, 6.07) is 0. The van der Waals surface area contributed by atoms with Crippen molar-refractivity contribution in [3.63, 3.8) is 0 Å². The van der Waals surface area contributed by atoms with Crippen LogP contribution in [0.25, 0.3) is 0 Å². The highest BCUT2D eigenvalue weighted by molar-refractivity contribution is 5.85. The molecule has 0 spiro atoms. The van der Waals surface area contributed by atoms with Gasteiger partial charge in [-0.15, -0.1) is 24.8 Å². The first-order valence-electron chi connectivity index (χ1n) is 7.11.